The molecule has 23 atom stereocenters. The van der Waals surface area contributed by atoms with Crippen LogP contribution in [-0.2, 0) is 66.5 Å². The number of rotatable bonds is 9. The van der Waals surface area contributed by atoms with E-state index in [4.69, 9.17) is 59.0 Å². The van der Waals surface area contributed by atoms with Crippen molar-refractivity contribution in [2.75, 3.05) is 7.11 Å². The van der Waals surface area contributed by atoms with Gasteiger partial charge in [-0.05, 0) is 57.9 Å². The van der Waals surface area contributed by atoms with Gasteiger partial charge in [0, 0.05) is 102 Å². The lowest BCUT2D eigenvalue weighted by Crippen LogP contribution is -2.61. The molecule has 6 saturated heterocycles. The van der Waals surface area contributed by atoms with Gasteiger partial charge in [0.05, 0.1) is 91.2 Å². The number of hydrogen-bond donors (Lipinski definition) is 6. The minimum Gasteiger partial charge on any atom is -0.462 e. The quantitative estimate of drug-likeness (QED) is 0.0635. The molecule has 0 aromatic carbocycles. The van der Waals surface area contributed by atoms with Gasteiger partial charge < -0.3 is 78.0 Å². The number of ether oxygens (including phenoxy) is 10. The van der Waals surface area contributed by atoms with Crippen molar-refractivity contribution < 1.29 is 97.2 Å². The van der Waals surface area contributed by atoms with Crippen LogP contribution in [0.15, 0.2) is 60.2 Å². The van der Waals surface area contributed by atoms with E-state index in [0.717, 1.165) is 0 Å². The van der Waals surface area contributed by atoms with Crippen molar-refractivity contribution in [3.63, 3.8) is 0 Å². The first-order valence-electron chi connectivity index (χ1n) is 29.8. The predicted octanol–water partition coefficient (Wildman–Crippen LogP) is 6.34. The van der Waals surface area contributed by atoms with E-state index in [-0.39, 0.29) is 81.1 Å². The summed E-state index contributed by atoms with van der Waals surface area (Å²) in [5.74, 6) is -7.40. The Balaban J connectivity index is 1.20. The van der Waals surface area contributed by atoms with Crippen molar-refractivity contribution in [3.05, 3.63) is 60.2 Å². The van der Waals surface area contributed by atoms with E-state index in [0.29, 0.717) is 56.1 Å². The van der Waals surface area contributed by atoms with E-state index in [1.165, 1.54) is 26.0 Å². The highest BCUT2D eigenvalue weighted by Crippen LogP contribution is 2.47. The van der Waals surface area contributed by atoms with Crippen LogP contribution in [0.1, 0.15) is 157 Å². The van der Waals surface area contributed by atoms with Crippen molar-refractivity contribution in [3.8, 4) is 0 Å². The monoisotopic (exact) mass is 1190 g/mol. The SMILES string of the molecule is C=C(Cl)C=CC(O)CC(=C)C[C@H]1O[C@@H]2[C@H](C)[C@@H](OC(=O)C[C@@H]3C[C@H](OC(C)=O)C[C@@]4(C[C@@](C)(O)C[C@H](CC(=C)[C@@H](C)C(OC(C)=O)[C@H](C)C(=O)C[C@@H]5C[C@H](OC)CC6(C[C@@H](O)C[C@@H](C=CCCC[C@@H]7C[C@@H](O)C[C@@H](O7)[C@H]2O)O6)O5)O4)O3)[C@@H]1O. The van der Waals surface area contributed by atoms with Gasteiger partial charge in [-0.1, -0.05) is 81.5 Å². The summed E-state index contributed by atoms with van der Waals surface area (Å²) >= 11 is 5.89. The Labute approximate surface area is 493 Å². The second-order valence-electron chi connectivity index (χ2n) is 25.3. The Hall–Kier alpha value is -3.45. The van der Waals surface area contributed by atoms with E-state index >= 15 is 0 Å². The molecule has 21 heteroatoms. The number of carbonyl (C=O) groups excluding carboxylic acids is 4. The number of Topliss-reactive ketones (excluding diaryl/α,β-unsaturated/α-hetero) is 1. The summed E-state index contributed by atoms with van der Waals surface area (Å²) < 4.78 is 63.7. The predicted molar refractivity (Wildman–Crippen MR) is 302 cm³/mol. The van der Waals surface area contributed by atoms with Crippen LogP contribution in [0.2, 0.25) is 0 Å². The number of methoxy groups -OCH3 is 1. The molecule has 6 N–H and O–H groups in total. The third-order valence-corrected chi connectivity index (χ3v) is 17.8. The van der Waals surface area contributed by atoms with Crippen molar-refractivity contribution >= 4 is 35.3 Å². The number of aliphatic hydroxyl groups excluding tert-OH is 5. The van der Waals surface area contributed by atoms with Gasteiger partial charge in [-0.2, -0.15) is 0 Å². The second-order valence-corrected chi connectivity index (χ2v) is 25.8. The van der Waals surface area contributed by atoms with Crippen LogP contribution in [0.3, 0.4) is 0 Å². The zero-order valence-electron chi connectivity index (χ0n) is 49.5. The molecule has 0 radical (unpaired) electrons. The molecule has 7 rings (SSSR count). The molecule has 7 heterocycles. The zero-order chi connectivity index (χ0) is 60.7. The number of fused-ring (bicyclic) bond motifs is 8. The van der Waals surface area contributed by atoms with Crippen LogP contribution >= 0.6 is 11.6 Å². The van der Waals surface area contributed by atoms with Crippen LogP contribution < -0.4 is 0 Å². The lowest BCUT2D eigenvalue weighted by Gasteiger charge is -2.52. The Kier molecular flexibility index (Phi) is 23.5. The fraction of sp³-hybridized carbons (Fsp3) is 0.774. The highest BCUT2D eigenvalue weighted by Gasteiger charge is 2.55. The minimum atomic E-state index is -1.60. The molecule has 7 aliphatic rings. The first-order chi connectivity index (χ1) is 39.0. The highest BCUT2D eigenvalue weighted by atomic mass is 35.5. The van der Waals surface area contributed by atoms with Gasteiger partial charge in [-0.15, -0.1) is 0 Å². The number of allylic oxidation sites excluding steroid dienone is 3. The molecule has 0 saturated carbocycles. The molecule has 2 spiro atoms. The molecule has 7 aliphatic heterocycles. The fourth-order valence-corrected chi connectivity index (χ4v) is 14.0. The third kappa shape index (κ3) is 18.5. The minimum absolute atomic E-state index is 0.00498. The first-order valence-corrected chi connectivity index (χ1v) is 30.2. The maximum absolute atomic E-state index is 14.4. The normalized spacial score (nSPS) is 43.1. The van der Waals surface area contributed by atoms with Gasteiger partial charge in [-0.3, -0.25) is 19.2 Å². The van der Waals surface area contributed by atoms with Crippen molar-refractivity contribution in [1.82, 2.24) is 0 Å². The van der Waals surface area contributed by atoms with Crippen molar-refractivity contribution in [1.29, 1.82) is 0 Å². The van der Waals surface area contributed by atoms with Crippen LogP contribution in [0.25, 0.3) is 0 Å². The Morgan fingerprint density at radius 1 is 0.795 bits per heavy atom. The summed E-state index contributed by atoms with van der Waals surface area (Å²) in [6, 6.07) is 0. The molecule has 20 nitrogen and oxygen atoms in total. The number of aliphatic hydroxyl groups is 6. The lowest BCUT2D eigenvalue weighted by molar-refractivity contribution is -0.349. The second kappa shape index (κ2) is 29.0. The lowest BCUT2D eigenvalue weighted by atomic mass is 9.78. The maximum Gasteiger partial charge on any atom is 0.308 e. The largest absolute Gasteiger partial charge is 0.462 e. The molecule has 10 bridgehead atoms. The topological polar surface area (TPSA) is 282 Å². The van der Waals surface area contributed by atoms with Gasteiger partial charge >= 0.3 is 17.9 Å². The average Bonchev–Trinajstić information content (AvgIpc) is 2.41. The molecule has 3 unspecified atom stereocenters. The molecule has 0 aliphatic carbocycles. The van der Waals surface area contributed by atoms with E-state index in [1.54, 1.807) is 27.9 Å². The van der Waals surface area contributed by atoms with E-state index in [2.05, 4.69) is 19.7 Å². The third-order valence-electron chi connectivity index (χ3n) is 17.6. The Morgan fingerprint density at radius 2 is 1.47 bits per heavy atom. The van der Waals surface area contributed by atoms with Gasteiger partial charge in [-0.25, -0.2) is 0 Å². The van der Waals surface area contributed by atoms with Crippen LogP contribution in [0.4, 0.5) is 0 Å². The molecule has 468 valence electrons. The van der Waals surface area contributed by atoms with Gasteiger partial charge in [0.25, 0.3) is 0 Å². The summed E-state index contributed by atoms with van der Waals surface area (Å²) in [4.78, 5) is 54.2. The molecular formula is C62H93ClO20. The summed E-state index contributed by atoms with van der Waals surface area (Å²) in [5.41, 5.74) is -0.398. The molecule has 6 fully saturated rings. The number of carbonyl (C=O) groups is 4. The van der Waals surface area contributed by atoms with E-state index < -0.39 is 157 Å². The number of ketones is 1. The van der Waals surface area contributed by atoms with Crippen LogP contribution in [0.5, 0.6) is 0 Å². The zero-order valence-corrected chi connectivity index (χ0v) is 50.2. The Morgan fingerprint density at radius 3 is 2.17 bits per heavy atom. The maximum atomic E-state index is 14.4. The fourth-order valence-electron chi connectivity index (χ4n) is 13.9. The molecule has 0 aromatic rings. The summed E-state index contributed by atoms with van der Waals surface area (Å²) in [6.45, 7) is 21.5. The molecule has 0 amide bonds. The van der Waals surface area contributed by atoms with Crippen LogP contribution in [0, 0.1) is 17.8 Å². The summed E-state index contributed by atoms with van der Waals surface area (Å²) in [7, 11) is 1.59. The van der Waals surface area contributed by atoms with Gasteiger partial charge in [0.2, 0.25) is 0 Å². The van der Waals surface area contributed by atoms with E-state index in [9.17, 15) is 49.8 Å². The summed E-state index contributed by atoms with van der Waals surface area (Å²) in [5, 5.41) is 69.8. The average molecular weight is 1190 g/mol. The molecular weight excluding hydrogens is 1100 g/mol. The number of halogens is 1. The summed E-state index contributed by atoms with van der Waals surface area (Å²) in [6.07, 6.45) is -5.65. The van der Waals surface area contributed by atoms with Gasteiger partial charge in [0.15, 0.2) is 11.6 Å². The van der Waals surface area contributed by atoms with E-state index in [1.807, 2.05) is 19.1 Å². The highest BCUT2D eigenvalue weighted by molar-refractivity contribution is 6.30. The molecule has 83 heavy (non-hydrogen) atoms. The standard InChI is InChI=1S/C62H93ClO20/c1-33(18-41(66)17-16-35(3)63)19-52-55(71)59-38(6)58(78-52)56(72)53-23-42(67)21-44(77-53)14-12-11-13-15-45-22-43(68)28-61(80-45)30-48(74-10)24-46(81-61)26-51(69)37(5)57(76-40(8)65)36(4)34(2)20-50-29-60(9,73)32-62(83-50)31-49(75-39(7)64)25-47(82-62)27-54(70)79-59/h13,15-17,36-38,41-50,52-53,55-59,66-68,71-73H,1-3,11-12,14,18-32H2,4-10H3/t36-,37-,38+,41?,42-,43+,44-,45-,46+,47+,48+,49+,50+,52-,53-,55-,56-,57?,58-,59-,60+,61?,62-/m1/s1. The number of esters is 3. The van der Waals surface area contributed by atoms with Crippen molar-refractivity contribution in [2.24, 2.45) is 17.8 Å². The Bertz CT molecular complexity index is 2340. The smallest absolute Gasteiger partial charge is 0.308 e. The molecule has 0 aromatic heterocycles. The number of hydrogen-bond acceptors (Lipinski definition) is 20. The first kappa shape index (κ1) is 67.1. The van der Waals surface area contributed by atoms with Crippen LogP contribution in [-0.4, -0.2) is 182 Å². The van der Waals surface area contributed by atoms with Gasteiger partial charge in [0.1, 0.15) is 36.3 Å². The van der Waals surface area contributed by atoms with Crippen molar-refractivity contribution in [2.45, 2.75) is 278 Å².